The molecule has 0 fully saturated rings. The zero-order valence-electron chi connectivity index (χ0n) is 9.11. The van der Waals surface area contributed by atoms with Gasteiger partial charge in [0.15, 0.2) is 6.29 Å². The molecule has 2 rings (SSSR count). The molecule has 5 heteroatoms. The van der Waals surface area contributed by atoms with E-state index in [-0.39, 0.29) is 16.7 Å². The molecule has 0 spiro atoms. The molecular formula is C13H8F3NO. The van der Waals surface area contributed by atoms with Crippen molar-refractivity contribution >= 4 is 6.29 Å². The molecule has 0 saturated heterocycles. The molecule has 0 amide bonds. The summed E-state index contributed by atoms with van der Waals surface area (Å²) >= 11 is 0. The van der Waals surface area contributed by atoms with Crippen molar-refractivity contribution < 1.29 is 18.0 Å². The summed E-state index contributed by atoms with van der Waals surface area (Å²) in [6.45, 7) is 0. The molecule has 1 heterocycles. The van der Waals surface area contributed by atoms with Crippen molar-refractivity contribution in [3.8, 4) is 11.1 Å². The third-order valence-electron chi connectivity index (χ3n) is 2.50. The molecule has 0 bridgehead atoms. The van der Waals surface area contributed by atoms with Crippen molar-refractivity contribution in [2.75, 3.05) is 0 Å². The van der Waals surface area contributed by atoms with Crippen LogP contribution < -0.4 is 0 Å². The Morgan fingerprint density at radius 3 is 2.44 bits per heavy atom. The molecule has 0 unspecified atom stereocenters. The Kier molecular flexibility index (Phi) is 3.14. The van der Waals surface area contributed by atoms with Crippen molar-refractivity contribution in [2.45, 2.75) is 6.18 Å². The van der Waals surface area contributed by atoms with E-state index in [9.17, 15) is 18.0 Å². The Bertz CT molecular complexity index is 578. The number of carbonyl (C=O) groups is 1. The number of carbonyl (C=O) groups excluding carboxylic acids is 1. The number of benzene rings is 1. The Hall–Kier alpha value is -2.17. The summed E-state index contributed by atoms with van der Waals surface area (Å²) in [5.41, 5.74) is -0.455. The van der Waals surface area contributed by atoms with Crippen molar-refractivity contribution in [1.29, 1.82) is 0 Å². The minimum Gasteiger partial charge on any atom is -0.298 e. The van der Waals surface area contributed by atoms with Crippen molar-refractivity contribution in [3.05, 3.63) is 53.9 Å². The quantitative estimate of drug-likeness (QED) is 0.763. The van der Waals surface area contributed by atoms with Crippen LogP contribution in [0.25, 0.3) is 11.1 Å². The summed E-state index contributed by atoms with van der Waals surface area (Å²) in [4.78, 5) is 14.6. The van der Waals surface area contributed by atoms with Gasteiger partial charge in [-0.1, -0.05) is 18.2 Å². The van der Waals surface area contributed by atoms with E-state index in [4.69, 9.17) is 0 Å². The molecule has 2 nitrogen and oxygen atoms in total. The number of hydrogen-bond acceptors (Lipinski definition) is 2. The topological polar surface area (TPSA) is 30.0 Å². The van der Waals surface area contributed by atoms with Gasteiger partial charge in [-0.05, 0) is 17.7 Å². The fourth-order valence-electron chi connectivity index (χ4n) is 1.70. The summed E-state index contributed by atoms with van der Waals surface area (Å²) in [5.74, 6) is 0. The number of alkyl halides is 3. The van der Waals surface area contributed by atoms with Crippen LogP contribution in [0, 0.1) is 0 Å². The summed E-state index contributed by atoms with van der Waals surface area (Å²) in [6.07, 6.45) is -1.32. The monoisotopic (exact) mass is 251 g/mol. The van der Waals surface area contributed by atoms with Gasteiger partial charge in [0, 0.05) is 23.5 Å². The average molecular weight is 251 g/mol. The summed E-state index contributed by atoms with van der Waals surface area (Å²) in [5, 5.41) is 0. The first-order valence-corrected chi connectivity index (χ1v) is 5.10. The minimum absolute atomic E-state index is 0.0415. The van der Waals surface area contributed by atoms with Gasteiger partial charge in [0.05, 0.1) is 5.56 Å². The predicted octanol–water partition coefficient (Wildman–Crippen LogP) is 3.58. The predicted molar refractivity (Wildman–Crippen MR) is 60.1 cm³/mol. The Labute approximate surface area is 101 Å². The second-order valence-corrected chi connectivity index (χ2v) is 3.62. The lowest BCUT2D eigenvalue weighted by molar-refractivity contribution is -0.137. The van der Waals surface area contributed by atoms with Gasteiger partial charge in [0.25, 0.3) is 0 Å². The molecule has 0 aliphatic rings. The standard InChI is InChI=1S/C13H8F3NO/c14-13(15,16)12-4-2-1-3-10(12)11-7-17-6-5-9(11)8-18/h1-8H. The van der Waals surface area contributed by atoms with Gasteiger partial charge < -0.3 is 0 Å². The Morgan fingerprint density at radius 1 is 1.06 bits per heavy atom. The molecule has 1 aromatic heterocycles. The van der Waals surface area contributed by atoms with Gasteiger partial charge in [-0.3, -0.25) is 9.78 Å². The largest absolute Gasteiger partial charge is 0.417 e. The fraction of sp³-hybridized carbons (Fsp3) is 0.0769. The molecule has 0 aliphatic carbocycles. The van der Waals surface area contributed by atoms with Gasteiger partial charge in [-0.2, -0.15) is 13.2 Å². The number of pyridine rings is 1. The Morgan fingerprint density at radius 2 is 1.78 bits per heavy atom. The van der Waals surface area contributed by atoms with Crippen LogP contribution in [0.2, 0.25) is 0 Å². The Balaban J connectivity index is 2.68. The summed E-state index contributed by atoms with van der Waals surface area (Å²) < 4.78 is 38.6. The van der Waals surface area contributed by atoms with E-state index in [1.165, 1.54) is 36.7 Å². The summed E-state index contributed by atoms with van der Waals surface area (Å²) in [7, 11) is 0. The second-order valence-electron chi connectivity index (χ2n) is 3.62. The van der Waals surface area contributed by atoms with Gasteiger partial charge >= 0.3 is 6.18 Å². The zero-order chi connectivity index (χ0) is 13.2. The van der Waals surface area contributed by atoms with E-state index in [2.05, 4.69) is 4.98 Å². The van der Waals surface area contributed by atoms with Gasteiger partial charge in [-0.25, -0.2) is 0 Å². The lowest BCUT2D eigenvalue weighted by Crippen LogP contribution is -2.07. The van der Waals surface area contributed by atoms with Crippen LogP contribution in [-0.2, 0) is 6.18 Å². The van der Waals surface area contributed by atoms with Crippen molar-refractivity contribution in [3.63, 3.8) is 0 Å². The first kappa shape index (κ1) is 12.3. The highest BCUT2D eigenvalue weighted by molar-refractivity contribution is 5.88. The molecule has 1 aromatic carbocycles. The molecular weight excluding hydrogens is 243 g/mol. The van der Waals surface area contributed by atoms with Gasteiger partial charge in [-0.15, -0.1) is 0 Å². The molecule has 2 aromatic rings. The molecule has 18 heavy (non-hydrogen) atoms. The number of nitrogens with zero attached hydrogens (tertiary/aromatic N) is 1. The molecule has 0 radical (unpaired) electrons. The number of aromatic nitrogens is 1. The van der Waals surface area contributed by atoms with E-state index >= 15 is 0 Å². The SMILES string of the molecule is O=Cc1ccncc1-c1ccccc1C(F)(F)F. The second kappa shape index (κ2) is 4.60. The maximum atomic E-state index is 12.9. The van der Waals surface area contributed by atoms with Gasteiger partial charge in [0.2, 0.25) is 0 Å². The van der Waals surface area contributed by atoms with E-state index in [1.54, 1.807) is 0 Å². The van der Waals surface area contributed by atoms with Crippen LogP contribution in [0.1, 0.15) is 15.9 Å². The van der Waals surface area contributed by atoms with Gasteiger partial charge in [0.1, 0.15) is 0 Å². The van der Waals surface area contributed by atoms with Crippen LogP contribution in [-0.4, -0.2) is 11.3 Å². The van der Waals surface area contributed by atoms with Crippen LogP contribution in [0.15, 0.2) is 42.7 Å². The van der Waals surface area contributed by atoms with E-state index in [1.807, 2.05) is 0 Å². The average Bonchev–Trinajstić information content (AvgIpc) is 2.37. The first-order valence-electron chi connectivity index (χ1n) is 5.10. The lowest BCUT2D eigenvalue weighted by Gasteiger charge is -2.13. The van der Waals surface area contributed by atoms with E-state index in [0.29, 0.717) is 6.29 Å². The molecule has 0 saturated carbocycles. The van der Waals surface area contributed by atoms with Crippen LogP contribution in [0.5, 0.6) is 0 Å². The first-order chi connectivity index (χ1) is 8.54. The number of halogens is 3. The smallest absolute Gasteiger partial charge is 0.298 e. The third kappa shape index (κ3) is 2.25. The van der Waals surface area contributed by atoms with Crippen LogP contribution in [0.3, 0.4) is 0 Å². The van der Waals surface area contributed by atoms with Crippen molar-refractivity contribution in [2.24, 2.45) is 0 Å². The van der Waals surface area contributed by atoms with E-state index < -0.39 is 11.7 Å². The fourth-order valence-corrected chi connectivity index (χ4v) is 1.70. The highest BCUT2D eigenvalue weighted by atomic mass is 19.4. The highest BCUT2D eigenvalue weighted by Gasteiger charge is 2.33. The lowest BCUT2D eigenvalue weighted by atomic mass is 9.97. The van der Waals surface area contributed by atoms with E-state index in [0.717, 1.165) is 6.07 Å². The van der Waals surface area contributed by atoms with Crippen LogP contribution in [0.4, 0.5) is 13.2 Å². The number of rotatable bonds is 2. The number of hydrogen-bond donors (Lipinski definition) is 0. The molecule has 0 atom stereocenters. The summed E-state index contributed by atoms with van der Waals surface area (Å²) in [6, 6.07) is 6.49. The zero-order valence-corrected chi connectivity index (χ0v) is 9.11. The minimum atomic E-state index is -4.47. The number of aldehydes is 1. The molecule has 0 N–H and O–H groups in total. The van der Waals surface area contributed by atoms with Crippen molar-refractivity contribution in [1.82, 2.24) is 4.98 Å². The third-order valence-corrected chi connectivity index (χ3v) is 2.50. The maximum absolute atomic E-state index is 12.9. The van der Waals surface area contributed by atoms with Crippen LogP contribution >= 0.6 is 0 Å². The molecule has 0 aliphatic heterocycles. The highest BCUT2D eigenvalue weighted by Crippen LogP contribution is 2.37. The molecule has 92 valence electrons. The normalized spacial score (nSPS) is 11.3. The maximum Gasteiger partial charge on any atom is 0.417 e.